The Morgan fingerprint density at radius 2 is 1.86 bits per heavy atom. The zero-order valence-corrected chi connectivity index (χ0v) is 23.8. The van der Waals surface area contributed by atoms with E-state index in [1.807, 2.05) is 13.8 Å². The van der Waals surface area contributed by atoms with E-state index in [4.69, 9.17) is 17.3 Å². The van der Waals surface area contributed by atoms with Gasteiger partial charge in [0.05, 0.1) is 0 Å². The second kappa shape index (κ2) is 13.2. The number of anilines is 2. The van der Waals surface area contributed by atoms with E-state index in [1.165, 1.54) is 36.7 Å². The van der Waals surface area contributed by atoms with E-state index in [0.717, 1.165) is 0 Å². The third-order valence-corrected chi connectivity index (χ3v) is 4.92. The minimum absolute atomic E-state index is 0. The average Bonchev–Trinajstić information content (AvgIpc) is 2.82. The molecule has 7 nitrogen and oxygen atoms in total. The summed E-state index contributed by atoms with van der Waals surface area (Å²) in [4.78, 5) is 33.2. The fourth-order valence-corrected chi connectivity index (χ4v) is 2.94. The monoisotopic (exact) mass is 715 g/mol. The van der Waals surface area contributed by atoms with Gasteiger partial charge in [0.2, 0.25) is 5.43 Å². The van der Waals surface area contributed by atoms with Gasteiger partial charge in [-0.3, -0.25) is 14.6 Å². The molecule has 0 fully saturated rings. The van der Waals surface area contributed by atoms with Crippen molar-refractivity contribution in [2.24, 2.45) is 0 Å². The van der Waals surface area contributed by atoms with Crippen LogP contribution < -0.4 is 16.5 Å². The van der Waals surface area contributed by atoms with Crippen LogP contribution in [0.1, 0.15) is 30.2 Å². The standard InChI is InChI=1S/C20H17FN3O2.C5H4ClN2.U/c1-13(2)24-11-16(14-6-8-15(21)9-7-14)19(25)17(12-24)20(26)23-18-5-3-4-10-22-18;6-4-2-1-3-8-5(4)7;/h3,5-13H,1-2H3,(H,22,23,26);1,3H,(H2,7,8);/q2*-1;+2. The van der Waals surface area contributed by atoms with Gasteiger partial charge in [0, 0.05) is 35.6 Å². The molecule has 0 aliphatic carbocycles. The van der Waals surface area contributed by atoms with Crippen molar-refractivity contribution in [1.29, 1.82) is 0 Å². The summed E-state index contributed by atoms with van der Waals surface area (Å²) in [5.74, 6) is -0.281. The molecule has 1 amide bonds. The van der Waals surface area contributed by atoms with E-state index in [0.29, 0.717) is 27.8 Å². The summed E-state index contributed by atoms with van der Waals surface area (Å²) in [6.45, 7) is 3.88. The number of carbonyl (C=O) groups is 1. The van der Waals surface area contributed by atoms with Crippen LogP contribution in [0.5, 0.6) is 0 Å². The van der Waals surface area contributed by atoms with Crippen molar-refractivity contribution in [3.63, 3.8) is 0 Å². The van der Waals surface area contributed by atoms with Crippen LogP contribution in [0, 0.1) is 49.1 Å². The van der Waals surface area contributed by atoms with Crippen LogP contribution in [0.2, 0.25) is 5.02 Å². The van der Waals surface area contributed by atoms with Gasteiger partial charge in [-0.1, -0.05) is 24.5 Å². The largest absolute Gasteiger partial charge is 2.00 e. The fourth-order valence-electron chi connectivity index (χ4n) is 2.83. The van der Waals surface area contributed by atoms with Gasteiger partial charge in [-0.05, 0) is 36.6 Å². The van der Waals surface area contributed by atoms with Gasteiger partial charge in [0.25, 0.3) is 5.91 Å². The molecule has 0 atom stereocenters. The van der Waals surface area contributed by atoms with Gasteiger partial charge in [0.15, 0.2) is 0 Å². The molecule has 3 heterocycles. The molecule has 0 saturated carbocycles. The maximum atomic E-state index is 13.2. The molecule has 4 rings (SSSR count). The second-order valence-corrected chi connectivity index (χ2v) is 7.73. The van der Waals surface area contributed by atoms with Crippen LogP contribution in [0.3, 0.4) is 0 Å². The molecule has 3 aromatic heterocycles. The van der Waals surface area contributed by atoms with E-state index in [2.05, 4.69) is 27.4 Å². The molecule has 0 aliphatic rings. The van der Waals surface area contributed by atoms with Crippen molar-refractivity contribution < 1.29 is 40.3 Å². The number of rotatable bonds is 4. The molecule has 35 heavy (non-hydrogen) atoms. The molecule has 1 aromatic carbocycles. The molecule has 0 bridgehead atoms. The molecular formula is C25H21ClFN5O2U. The van der Waals surface area contributed by atoms with Crippen molar-refractivity contribution >= 4 is 29.1 Å². The zero-order chi connectivity index (χ0) is 24.7. The number of carbonyl (C=O) groups excluding carboxylic acids is 1. The Morgan fingerprint density at radius 1 is 1.14 bits per heavy atom. The minimum Gasteiger partial charge on any atom is -0.434 e. The van der Waals surface area contributed by atoms with Crippen LogP contribution in [-0.2, 0) is 0 Å². The SMILES string of the molecule is CC(C)n1cc(C(=O)Nc2cc[c-]cn2)c(=O)c(-c2ccc(F)cc2)c1.Nc1ncc[c-]c1Cl.[U+2]. The number of aromatic nitrogens is 3. The van der Waals surface area contributed by atoms with Gasteiger partial charge in [-0.2, -0.15) is 18.2 Å². The molecular weight excluding hydrogens is 695 g/mol. The Morgan fingerprint density at radius 3 is 2.40 bits per heavy atom. The molecule has 0 saturated heterocycles. The first-order valence-corrected chi connectivity index (χ1v) is 10.6. The van der Waals surface area contributed by atoms with Gasteiger partial charge < -0.3 is 20.6 Å². The molecule has 0 unspecified atom stereocenters. The van der Waals surface area contributed by atoms with E-state index in [1.54, 1.807) is 35.2 Å². The number of nitrogen functional groups attached to an aromatic ring is 1. The van der Waals surface area contributed by atoms with Crippen LogP contribution in [0.15, 0.2) is 72.0 Å². The van der Waals surface area contributed by atoms with Crippen molar-refractivity contribution in [1.82, 2.24) is 14.5 Å². The molecule has 0 spiro atoms. The number of hydrogen-bond donors (Lipinski definition) is 2. The average molecular weight is 716 g/mol. The predicted octanol–water partition coefficient (Wildman–Crippen LogP) is 4.80. The van der Waals surface area contributed by atoms with Crippen molar-refractivity contribution in [2.75, 3.05) is 11.1 Å². The van der Waals surface area contributed by atoms with E-state index in [9.17, 15) is 14.0 Å². The number of amides is 1. The third-order valence-electron chi connectivity index (χ3n) is 4.62. The summed E-state index contributed by atoms with van der Waals surface area (Å²) in [7, 11) is 0. The van der Waals surface area contributed by atoms with E-state index < -0.39 is 17.2 Å². The maximum Gasteiger partial charge on any atom is 2.00 e. The minimum atomic E-state index is -0.549. The molecule has 176 valence electrons. The Bertz CT molecular complexity index is 1310. The summed E-state index contributed by atoms with van der Waals surface area (Å²) in [5, 5.41) is 2.99. The maximum absolute atomic E-state index is 13.2. The normalized spacial score (nSPS) is 10.1. The van der Waals surface area contributed by atoms with Gasteiger partial charge in [-0.15, -0.1) is 11.6 Å². The predicted molar refractivity (Wildman–Crippen MR) is 130 cm³/mol. The second-order valence-electron chi connectivity index (χ2n) is 7.35. The molecule has 0 aliphatic heterocycles. The Balaban J connectivity index is 0.000000409. The smallest absolute Gasteiger partial charge is 0.434 e. The zero-order valence-electron chi connectivity index (χ0n) is 18.9. The van der Waals surface area contributed by atoms with Crippen molar-refractivity contribution in [3.8, 4) is 11.1 Å². The van der Waals surface area contributed by atoms with E-state index >= 15 is 0 Å². The summed E-state index contributed by atoms with van der Waals surface area (Å²) < 4.78 is 15.0. The first kappa shape index (κ1) is 28.3. The number of pyridine rings is 3. The van der Waals surface area contributed by atoms with Crippen LogP contribution in [0.4, 0.5) is 16.0 Å². The number of halogens is 2. The van der Waals surface area contributed by atoms with Crippen molar-refractivity contribution in [3.05, 3.63) is 106 Å². The number of benzene rings is 1. The van der Waals surface area contributed by atoms with Gasteiger partial charge in [0.1, 0.15) is 11.4 Å². The Hall–Kier alpha value is -2.99. The summed E-state index contributed by atoms with van der Waals surface area (Å²) >= 11 is 5.47. The van der Waals surface area contributed by atoms with E-state index in [-0.39, 0.29) is 42.7 Å². The first-order valence-electron chi connectivity index (χ1n) is 10.2. The topological polar surface area (TPSA) is 103 Å². The molecule has 10 heteroatoms. The van der Waals surface area contributed by atoms with Gasteiger partial charge >= 0.3 is 31.1 Å². The summed E-state index contributed by atoms with van der Waals surface area (Å²) in [6.07, 6.45) is 6.16. The van der Waals surface area contributed by atoms with Crippen LogP contribution in [0.25, 0.3) is 11.1 Å². The number of nitrogens with one attached hydrogen (secondary N) is 1. The number of nitrogens with zero attached hydrogens (tertiary/aromatic N) is 3. The van der Waals surface area contributed by atoms with Crippen molar-refractivity contribution in [2.45, 2.75) is 19.9 Å². The number of nitrogens with two attached hydrogens (primary N) is 1. The van der Waals surface area contributed by atoms with Crippen LogP contribution in [-0.4, -0.2) is 20.4 Å². The fraction of sp³-hybridized carbons (Fsp3) is 0.120. The Labute approximate surface area is 230 Å². The molecule has 3 N–H and O–H groups in total. The number of hydrogen-bond acceptors (Lipinski definition) is 5. The molecule has 0 radical (unpaired) electrons. The summed E-state index contributed by atoms with van der Waals surface area (Å²) in [5.41, 5.74) is 5.70. The summed E-state index contributed by atoms with van der Waals surface area (Å²) in [6, 6.07) is 15.9. The quantitative estimate of drug-likeness (QED) is 0.296. The third kappa shape index (κ3) is 7.76. The Kier molecular flexibility index (Phi) is 10.6. The first-order chi connectivity index (χ1) is 16.3. The molecule has 4 aromatic rings. The van der Waals surface area contributed by atoms with Gasteiger partial charge in [-0.25, -0.2) is 16.5 Å². The van der Waals surface area contributed by atoms with Crippen LogP contribution >= 0.6 is 11.6 Å².